The standard InChI is InChI=1S/C14H23N5O3S/c1-11-17-12(22-18-11)8-15-13(20)16-9-14(2-7-23-10-14)19-3-5-21-6-4-19/h2-10H2,1H3,(H2,15,16,20)/t14-/m0/s1. The van der Waals surface area contributed by atoms with E-state index in [2.05, 4.69) is 25.7 Å². The van der Waals surface area contributed by atoms with E-state index in [1.54, 1.807) is 6.92 Å². The quantitative estimate of drug-likeness (QED) is 0.800. The number of rotatable bonds is 5. The van der Waals surface area contributed by atoms with E-state index in [0.29, 0.717) is 18.3 Å². The fraction of sp³-hybridized carbons (Fsp3) is 0.786. The summed E-state index contributed by atoms with van der Waals surface area (Å²) in [6.07, 6.45) is 1.10. The number of thioether (sulfide) groups is 1. The Morgan fingerprint density at radius 3 is 2.87 bits per heavy atom. The molecule has 0 unspecified atom stereocenters. The predicted molar refractivity (Wildman–Crippen MR) is 86.3 cm³/mol. The number of urea groups is 1. The molecule has 0 aromatic carbocycles. The second-order valence-electron chi connectivity index (χ2n) is 5.90. The van der Waals surface area contributed by atoms with Gasteiger partial charge in [0, 0.05) is 30.9 Å². The van der Waals surface area contributed by atoms with Gasteiger partial charge in [0.25, 0.3) is 0 Å². The first-order valence-corrected chi connectivity index (χ1v) is 9.05. The Morgan fingerprint density at radius 2 is 2.22 bits per heavy atom. The second-order valence-corrected chi connectivity index (χ2v) is 7.00. The maximum Gasteiger partial charge on any atom is 0.315 e. The Labute approximate surface area is 139 Å². The molecule has 2 saturated heterocycles. The molecule has 1 atom stereocenters. The molecule has 3 rings (SSSR count). The Kier molecular flexibility index (Phi) is 5.39. The number of ether oxygens (including phenoxy) is 1. The van der Waals surface area contributed by atoms with E-state index in [0.717, 1.165) is 44.2 Å². The van der Waals surface area contributed by atoms with Crippen molar-refractivity contribution in [2.45, 2.75) is 25.4 Å². The Hall–Kier alpha value is -1.32. The molecule has 2 amide bonds. The van der Waals surface area contributed by atoms with Crippen molar-refractivity contribution in [3.05, 3.63) is 11.7 Å². The summed E-state index contributed by atoms with van der Waals surface area (Å²) in [7, 11) is 0. The summed E-state index contributed by atoms with van der Waals surface area (Å²) in [6.45, 7) is 6.05. The van der Waals surface area contributed by atoms with Crippen LogP contribution >= 0.6 is 11.8 Å². The number of carbonyl (C=O) groups excluding carboxylic acids is 1. The van der Waals surface area contributed by atoms with E-state index < -0.39 is 0 Å². The van der Waals surface area contributed by atoms with Crippen molar-refractivity contribution in [3.63, 3.8) is 0 Å². The van der Waals surface area contributed by atoms with Crippen LogP contribution in [0.2, 0.25) is 0 Å². The Morgan fingerprint density at radius 1 is 1.39 bits per heavy atom. The van der Waals surface area contributed by atoms with Crippen molar-refractivity contribution in [1.29, 1.82) is 0 Å². The predicted octanol–water partition coefficient (Wildman–Crippen LogP) is 0.385. The fourth-order valence-electron chi connectivity index (χ4n) is 3.01. The lowest BCUT2D eigenvalue weighted by molar-refractivity contribution is -0.0124. The molecule has 128 valence electrons. The number of morpholine rings is 1. The summed E-state index contributed by atoms with van der Waals surface area (Å²) in [5.74, 6) is 3.17. The molecule has 0 radical (unpaired) electrons. The van der Waals surface area contributed by atoms with Crippen LogP contribution in [-0.4, -0.2) is 71.0 Å². The van der Waals surface area contributed by atoms with Crippen LogP contribution in [0.4, 0.5) is 4.79 Å². The molecule has 0 spiro atoms. The number of hydrogen-bond acceptors (Lipinski definition) is 7. The molecule has 2 aliphatic rings. The summed E-state index contributed by atoms with van der Waals surface area (Å²) in [4.78, 5) is 18.6. The van der Waals surface area contributed by atoms with E-state index in [4.69, 9.17) is 9.26 Å². The van der Waals surface area contributed by atoms with Gasteiger partial charge in [-0.1, -0.05) is 5.16 Å². The second kappa shape index (κ2) is 7.50. The summed E-state index contributed by atoms with van der Waals surface area (Å²) in [5.41, 5.74) is 0.0485. The van der Waals surface area contributed by atoms with Crippen LogP contribution in [-0.2, 0) is 11.3 Å². The van der Waals surface area contributed by atoms with Gasteiger partial charge < -0.3 is 19.9 Å². The minimum absolute atomic E-state index is 0.0485. The first kappa shape index (κ1) is 16.5. The lowest BCUT2D eigenvalue weighted by Gasteiger charge is -2.43. The van der Waals surface area contributed by atoms with E-state index in [9.17, 15) is 4.79 Å². The van der Waals surface area contributed by atoms with Gasteiger partial charge in [-0.3, -0.25) is 4.90 Å². The number of aryl methyl sites for hydroxylation is 1. The summed E-state index contributed by atoms with van der Waals surface area (Å²) >= 11 is 1.95. The topological polar surface area (TPSA) is 92.5 Å². The lowest BCUT2D eigenvalue weighted by Crippen LogP contribution is -2.59. The molecule has 0 bridgehead atoms. The Balaban J connectivity index is 1.49. The van der Waals surface area contributed by atoms with Crippen molar-refractivity contribution in [2.24, 2.45) is 0 Å². The summed E-state index contributed by atoms with van der Waals surface area (Å²) in [6, 6.07) is -0.203. The average Bonchev–Trinajstić information content (AvgIpc) is 3.22. The molecule has 2 N–H and O–H groups in total. The number of amides is 2. The number of hydrogen-bond donors (Lipinski definition) is 2. The van der Waals surface area contributed by atoms with Crippen LogP contribution in [0.5, 0.6) is 0 Å². The normalized spacial score (nSPS) is 25.4. The maximum absolute atomic E-state index is 12.0. The average molecular weight is 341 g/mol. The zero-order valence-electron chi connectivity index (χ0n) is 13.3. The molecule has 3 heterocycles. The van der Waals surface area contributed by atoms with Gasteiger partial charge in [-0.25, -0.2) is 4.79 Å². The fourth-order valence-corrected chi connectivity index (χ4v) is 4.49. The maximum atomic E-state index is 12.0. The van der Waals surface area contributed by atoms with Gasteiger partial charge in [-0.15, -0.1) is 0 Å². The molecular weight excluding hydrogens is 318 g/mol. The highest BCUT2D eigenvalue weighted by Crippen LogP contribution is 2.33. The van der Waals surface area contributed by atoms with Gasteiger partial charge in [0.15, 0.2) is 5.82 Å². The third kappa shape index (κ3) is 4.15. The minimum atomic E-state index is -0.203. The molecule has 2 fully saturated rings. The number of aromatic nitrogens is 2. The van der Waals surface area contributed by atoms with Crippen LogP contribution in [0, 0.1) is 6.92 Å². The molecule has 0 saturated carbocycles. The lowest BCUT2D eigenvalue weighted by atomic mass is 9.95. The zero-order valence-corrected chi connectivity index (χ0v) is 14.2. The minimum Gasteiger partial charge on any atom is -0.379 e. The third-order valence-electron chi connectivity index (χ3n) is 4.31. The van der Waals surface area contributed by atoms with E-state index in [1.807, 2.05) is 11.8 Å². The van der Waals surface area contributed by atoms with E-state index in [-0.39, 0.29) is 18.1 Å². The van der Waals surface area contributed by atoms with Gasteiger partial charge in [-0.2, -0.15) is 16.7 Å². The molecule has 2 aliphatic heterocycles. The van der Waals surface area contributed by atoms with Gasteiger partial charge in [0.2, 0.25) is 5.89 Å². The molecule has 23 heavy (non-hydrogen) atoms. The smallest absolute Gasteiger partial charge is 0.315 e. The summed E-state index contributed by atoms with van der Waals surface area (Å²) in [5, 5.41) is 9.46. The van der Waals surface area contributed by atoms with E-state index >= 15 is 0 Å². The SMILES string of the molecule is Cc1noc(CNC(=O)NC[C@@]2(N3CCOCC3)CCSC2)n1. The molecule has 1 aromatic heterocycles. The van der Waals surface area contributed by atoms with Crippen LogP contribution in [0.25, 0.3) is 0 Å². The van der Waals surface area contributed by atoms with Crippen LogP contribution < -0.4 is 10.6 Å². The van der Waals surface area contributed by atoms with Crippen molar-refractivity contribution in [3.8, 4) is 0 Å². The highest BCUT2D eigenvalue weighted by Gasteiger charge is 2.40. The Bertz CT molecular complexity index is 526. The van der Waals surface area contributed by atoms with Crippen LogP contribution in [0.15, 0.2) is 4.52 Å². The monoisotopic (exact) mass is 341 g/mol. The van der Waals surface area contributed by atoms with E-state index in [1.165, 1.54) is 0 Å². The highest BCUT2D eigenvalue weighted by atomic mass is 32.2. The molecule has 9 heteroatoms. The first-order chi connectivity index (χ1) is 11.2. The van der Waals surface area contributed by atoms with Crippen LogP contribution in [0.3, 0.4) is 0 Å². The summed E-state index contributed by atoms with van der Waals surface area (Å²) < 4.78 is 10.4. The largest absolute Gasteiger partial charge is 0.379 e. The highest BCUT2D eigenvalue weighted by molar-refractivity contribution is 7.99. The molecular formula is C14H23N5O3S. The zero-order chi connectivity index (χ0) is 16.1. The molecule has 8 nitrogen and oxygen atoms in total. The molecule has 0 aliphatic carbocycles. The van der Waals surface area contributed by atoms with Gasteiger partial charge >= 0.3 is 6.03 Å². The third-order valence-corrected chi connectivity index (χ3v) is 5.55. The van der Waals surface area contributed by atoms with Crippen molar-refractivity contribution >= 4 is 17.8 Å². The van der Waals surface area contributed by atoms with Crippen molar-refractivity contribution in [2.75, 3.05) is 44.4 Å². The number of carbonyl (C=O) groups is 1. The van der Waals surface area contributed by atoms with Crippen LogP contribution in [0.1, 0.15) is 18.1 Å². The number of nitrogens with zero attached hydrogens (tertiary/aromatic N) is 3. The van der Waals surface area contributed by atoms with Gasteiger partial charge in [-0.05, 0) is 19.1 Å². The molecule has 1 aromatic rings. The first-order valence-electron chi connectivity index (χ1n) is 7.89. The van der Waals surface area contributed by atoms with Gasteiger partial charge in [0.05, 0.1) is 19.8 Å². The van der Waals surface area contributed by atoms with Gasteiger partial charge in [0.1, 0.15) is 0 Å². The van der Waals surface area contributed by atoms with Crippen molar-refractivity contribution in [1.82, 2.24) is 25.7 Å². The van der Waals surface area contributed by atoms with Crippen molar-refractivity contribution < 1.29 is 14.1 Å². The number of nitrogens with one attached hydrogen (secondary N) is 2.